The van der Waals surface area contributed by atoms with E-state index < -0.39 is 0 Å². The van der Waals surface area contributed by atoms with Gasteiger partial charge in [-0.3, -0.25) is 4.98 Å². The normalized spacial score (nSPS) is 11.0. The average Bonchev–Trinajstić information content (AvgIpc) is 3.18. The van der Waals surface area contributed by atoms with E-state index in [2.05, 4.69) is 32.4 Å². The maximum absolute atomic E-state index is 9.77. The number of ether oxygens (including phenoxy) is 1. The molecule has 142 valence electrons. The molecular formula is C22H13N7O. The van der Waals surface area contributed by atoms with Crippen LogP contribution in [0.25, 0.3) is 33.9 Å². The third kappa shape index (κ3) is 2.49. The summed E-state index contributed by atoms with van der Waals surface area (Å²) >= 11 is 0. The van der Waals surface area contributed by atoms with Gasteiger partial charge in [-0.25, -0.2) is 9.97 Å². The molecule has 1 aliphatic rings. The van der Waals surface area contributed by atoms with Gasteiger partial charge in [0.2, 0.25) is 0 Å². The number of aromatic amines is 1. The molecule has 1 aliphatic heterocycles. The second-order valence-electron chi connectivity index (χ2n) is 6.54. The maximum atomic E-state index is 9.77. The van der Waals surface area contributed by atoms with Crippen molar-refractivity contribution in [1.82, 2.24) is 19.9 Å². The molecule has 4 aromatic rings. The Balaban J connectivity index is 1.85. The number of pyridine rings is 2. The summed E-state index contributed by atoms with van der Waals surface area (Å²) in [7, 11) is 1.49. The van der Waals surface area contributed by atoms with Crippen LogP contribution < -0.4 is 10.1 Å². The van der Waals surface area contributed by atoms with Crippen LogP contribution >= 0.6 is 0 Å². The van der Waals surface area contributed by atoms with Crippen molar-refractivity contribution in [3.63, 3.8) is 0 Å². The maximum Gasteiger partial charge on any atom is 0.141 e. The number of nitrogens with one attached hydrogen (secondary N) is 2. The van der Waals surface area contributed by atoms with Crippen LogP contribution in [-0.4, -0.2) is 27.0 Å². The highest BCUT2D eigenvalue weighted by molar-refractivity contribution is 5.95. The zero-order valence-corrected chi connectivity index (χ0v) is 15.8. The highest BCUT2D eigenvalue weighted by Crippen LogP contribution is 2.43. The van der Waals surface area contributed by atoms with E-state index in [1.165, 1.54) is 7.11 Å². The fourth-order valence-corrected chi connectivity index (χ4v) is 3.62. The van der Waals surface area contributed by atoms with Gasteiger partial charge in [0.25, 0.3) is 0 Å². The van der Waals surface area contributed by atoms with Crippen molar-refractivity contribution in [3.05, 3.63) is 60.0 Å². The van der Waals surface area contributed by atoms with Gasteiger partial charge in [-0.05, 0) is 30.3 Å². The second kappa shape index (κ2) is 6.73. The number of aromatic nitrogens is 4. The summed E-state index contributed by atoms with van der Waals surface area (Å²) in [6.45, 7) is 0. The third-order valence-electron chi connectivity index (χ3n) is 4.97. The zero-order chi connectivity index (χ0) is 20.7. The molecule has 0 amide bonds. The first-order valence-corrected chi connectivity index (χ1v) is 9.03. The number of hydrogen-bond acceptors (Lipinski definition) is 7. The minimum Gasteiger partial charge on any atom is -0.495 e. The predicted molar refractivity (Wildman–Crippen MR) is 110 cm³/mol. The third-order valence-corrected chi connectivity index (χ3v) is 4.97. The molecule has 3 aromatic heterocycles. The number of fused-ring (bicyclic) bond motifs is 5. The van der Waals surface area contributed by atoms with Gasteiger partial charge in [0.1, 0.15) is 34.7 Å². The Kier molecular flexibility index (Phi) is 3.90. The molecule has 0 fully saturated rings. The van der Waals surface area contributed by atoms with Crippen molar-refractivity contribution >= 4 is 11.5 Å². The molecule has 8 nitrogen and oxygen atoms in total. The lowest BCUT2D eigenvalue weighted by molar-refractivity contribution is 0.413. The highest BCUT2D eigenvalue weighted by atomic mass is 16.5. The van der Waals surface area contributed by atoms with Crippen LogP contribution in [0.5, 0.6) is 5.75 Å². The Morgan fingerprint density at radius 1 is 1.03 bits per heavy atom. The molecule has 5 rings (SSSR count). The molecule has 0 radical (unpaired) electrons. The van der Waals surface area contributed by atoms with Crippen molar-refractivity contribution in [3.8, 4) is 51.8 Å². The van der Waals surface area contributed by atoms with Crippen molar-refractivity contribution in [2.24, 2.45) is 0 Å². The Hall–Kier alpha value is -4.69. The first-order valence-electron chi connectivity index (χ1n) is 9.03. The van der Waals surface area contributed by atoms with Crippen LogP contribution in [-0.2, 0) is 0 Å². The lowest BCUT2D eigenvalue weighted by atomic mass is 10.0. The van der Waals surface area contributed by atoms with Gasteiger partial charge in [-0.15, -0.1) is 0 Å². The van der Waals surface area contributed by atoms with E-state index in [0.29, 0.717) is 34.2 Å². The molecular weight excluding hydrogens is 378 g/mol. The van der Waals surface area contributed by atoms with Crippen LogP contribution in [0.3, 0.4) is 0 Å². The minimum atomic E-state index is 0.250. The number of benzene rings is 1. The number of imidazole rings is 1. The molecule has 4 heterocycles. The van der Waals surface area contributed by atoms with Crippen LogP contribution in [0.4, 0.5) is 11.5 Å². The van der Waals surface area contributed by atoms with E-state index in [1.54, 1.807) is 30.7 Å². The fraction of sp³-hybridized carbons (Fsp3) is 0.0455. The molecule has 8 heteroatoms. The van der Waals surface area contributed by atoms with Crippen molar-refractivity contribution in [2.45, 2.75) is 0 Å². The van der Waals surface area contributed by atoms with Crippen molar-refractivity contribution < 1.29 is 4.74 Å². The van der Waals surface area contributed by atoms with E-state index in [0.717, 1.165) is 22.5 Å². The molecule has 0 bridgehead atoms. The molecule has 0 aliphatic carbocycles. The lowest BCUT2D eigenvalue weighted by Crippen LogP contribution is -1.98. The monoisotopic (exact) mass is 391 g/mol. The Morgan fingerprint density at radius 2 is 1.93 bits per heavy atom. The molecule has 30 heavy (non-hydrogen) atoms. The molecule has 0 unspecified atom stereocenters. The van der Waals surface area contributed by atoms with Gasteiger partial charge in [0.15, 0.2) is 0 Å². The van der Waals surface area contributed by atoms with E-state index in [4.69, 9.17) is 9.72 Å². The van der Waals surface area contributed by atoms with Gasteiger partial charge in [-0.2, -0.15) is 10.5 Å². The molecule has 0 saturated carbocycles. The number of nitriles is 2. The van der Waals surface area contributed by atoms with Crippen molar-refractivity contribution in [2.75, 3.05) is 12.4 Å². The fourth-order valence-electron chi connectivity index (χ4n) is 3.62. The summed E-state index contributed by atoms with van der Waals surface area (Å²) < 4.78 is 5.33. The van der Waals surface area contributed by atoms with Gasteiger partial charge in [0, 0.05) is 23.5 Å². The Labute approximate surface area is 171 Å². The minimum absolute atomic E-state index is 0.250. The molecule has 0 spiro atoms. The van der Waals surface area contributed by atoms with Crippen LogP contribution in [0, 0.1) is 22.7 Å². The standard InChI is InChI=1S/C22H13N7O/c1-30-17-5-4-12(9-23)18(15(17)10-24)22-28-19-13-6-8-25-11-16(13)27-21-14(20(19)29-22)3-2-7-26-21/h2-8,11H,1H3,(H,26,27)(H,28,29). The quantitative estimate of drug-likeness (QED) is 0.466. The summed E-state index contributed by atoms with van der Waals surface area (Å²) in [5, 5.41) is 22.7. The Bertz CT molecular complexity index is 1330. The molecule has 0 saturated heterocycles. The first kappa shape index (κ1) is 17.4. The number of H-pyrrole nitrogens is 1. The molecule has 2 N–H and O–H groups in total. The van der Waals surface area contributed by atoms with Crippen molar-refractivity contribution in [1.29, 1.82) is 10.5 Å². The number of nitrogens with zero attached hydrogens (tertiary/aromatic N) is 5. The number of methoxy groups -OCH3 is 1. The highest BCUT2D eigenvalue weighted by Gasteiger charge is 2.26. The summed E-state index contributed by atoms with van der Waals surface area (Å²) in [4.78, 5) is 16.8. The zero-order valence-electron chi connectivity index (χ0n) is 15.8. The van der Waals surface area contributed by atoms with E-state index in [1.807, 2.05) is 18.2 Å². The van der Waals surface area contributed by atoms with Gasteiger partial charge in [0.05, 0.1) is 41.9 Å². The lowest BCUT2D eigenvalue weighted by Gasteiger charge is -2.10. The molecule has 1 aromatic carbocycles. The smallest absolute Gasteiger partial charge is 0.141 e. The van der Waals surface area contributed by atoms with E-state index in [9.17, 15) is 10.5 Å². The summed E-state index contributed by atoms with van der Waals surface area (Å²) in [6.07, 6.45) is 5.11. The largest absolute Gasteiger partial charge is 0.495 e. The second-order valence-corrected chi connectivity index (χ2v) is 6.54. The summed E-state index contributed by atoms with van der Waals surface area (Å²) in [5.74, 6) is 1.44. The van der Waals surface area contributed by atoms with E-state index in [-0.39, 0.29) is 5.56 Å². The number of anilines is 2. The number of hydrogen-bond donors (Lipinski definition) is 2. The predicted octanol–water partition coefficient (Wildman–Crippen LogP) is 4.01. The SMILES string of the molecule is COc1ccc(C#N)c(-c2nc3c([nH]2)-c2ccncc2Nc2ncccc2-3)c1C#N. The molecule has 0 atom stereocenters. The average molecular weight is 391 g/mol. The van der Waals surface area contributed by atoms with Gasteiger partial charge < -0.3 is 15.0 Å². The van der Waals surface area contributed by atoms with Crippen LogP contribution in [0.2, 0.25) is 0 Å². The van der Waals surface area contributed by atoms with Crippen LogP contribution in [0.15, 0.2) is 48.9 Å². The summed E-state index contributed by atoms with van der Waals surface area (Å²) in [6, 6.07) is 13.2. The number of rotatable bonds is 2. The summed E-state index contributed by atoms with van der Waals surface area (Å²) in [5.41, 5.74) is 4.83. The van der Waals surface area contributed by atoms with Gasteiger partial charge in [-0.1, -0.05) is 0 Å². The van der Waals surface area contributed by atoms with E-state index >= 15 is 0 Å². The van der Waals surface area contributed by atoms with Crippen LogP contribution in [0.1, 0.15) is 11.1 Å². The Morgan fingerprint density at radius 3 is 2.73 bits per heavy atom. The van der Waals surface area contributed by atoms with Gasteiger partial charge >= 0.3 is 0 Å². The topological polar surface area (TPSA) is 123 Å². The first-order chi connectivity index (χ1) is 14.7.